The maximum Gasteiger partial charge on any atom is 0.305 e. The lowest BCUT2D eigenvalue weighted by Crippen LogP contribution is -2.45. The van der Waals surface area contributed by atoms with E-state index in [-0.39, 0.29) is 18.5 Å². The fourth-order valence-electron chi connectivity index (χ4n) is 12.3. The third kappa shape index (κ3) is 72.8. The van der Waals surface area contributed by atoms with E-state index in [0.29, 0.717) is 19.4 Å². The molecule has 2 unspecified atom stereocenters. The van der Waals surface area contributed by atoms with Gasteiger partial charge in [0.15, 0.2) is 0 Å². The number of unbranched alkanes of at least 4 members (excludes halogenated alkanes) is 57. The van der Waals surface area contributed by atoms with Gasteiger partial charge in [0.1, 0.15) is 0 Å². The number of ether oxygens (including phenoxy) is 1. The van der Waals surface area contributed by atoms with Crippen molar-refractivity contribution in [3.05, 3.63) is 48.6 Å². The van der Waals surface area contributed by atoms with Gasteiger partial charge in [0.05, 0.1) is 25.4 Å². The molecule has 0 bridgehead atoms. The van der Waals surface area contributed by atoms with Crippen LogP contribution in [0.3, 0.4) is 0 Å². The van der Waals surface area contributed by atoms with Crippen LogP contribution in [0, 0.1) is 0 Å². The fraction of sp³-hybridized carbons (Fsp3) is 0.877. The summed E-state index contributed by atoms with van der Waals surface area (Å²) >= 11 is 0. The molecule has 0 aliphatic heterocycles. The lowest BCUT2D eigenvalue weighted by Gasteiger charge is -2.20. The summed E-state index contributed by atoms with van der Waals surface area (Å²) < 4.78 is 5.50. The zero-order valence-corrected chi connectivity index (χ0v) is 58.8. The Morgan fingerprint density at radius 1 is 0.322 bits per heavy atom. The number of rotatable bonds is 74. The van der Waals surface area contributed by atoms with Crippen molar-refractivity contribution in [2.45, 2.75) is 443 Å². The molecule has 6 nitrogen and oxygen atoms in total. The standard InChI is InChI=1S/C81H153NO5/c1-3-5-7-9-11-13-15-17-19-46-49-53-57-61-65-69-73-79(84)78(77-83)82-80(85)74-70-66-62-58-54-50-47-43-41-39-37-35-33-31-29-27-25-23-21-20-22-24-26-28-30-32-34-36-38-40-42-44-48-52-56-60-64-68-72-76-87-81(86)75-71-67-63-59-55-51-45-18-16-14-12-10-8-6-4-2/h18,20-21,24,26,45,69,73,78-79,83-84H,3-17,19,22-23,25,27-44,46-68,70-72,74-77H2,1-2H3,(H,82,85)/b21-20-,26-24-,45-18-,73-69+. The minimum atomic E-state index is -0.843. The Balaban J connectivity index is 3.36. The Morgan fingerprint density at radius 2 is 0.575 bits per heavy atom. The second kappa shape index (κ2) is 76.3. The summed E-state index contributed by atoms with van der Waals surface area (Å²) in [4.78, 5) is 24.6. The van der Waals surface area contributed by atoms with Crippen LogP contribution in [-0.2, 0) is 14.3 Å². The highest BCUT2D eigenvalue weighted by Gasteiger charge is 2.18. The molecule has 0 radical (unpaired) electrons. The summed E-state index contributed by atoms with van der Waals surface area (Å²) in [5.74, 6) is -0.0496. The van der Waals surface area contributed by atoms with Crippen molar-refractivity contribution in [3.8, 4) is 0 Å². The fourth-order valence-corrected chi connectivity index (χ4v) is 12.3. The summed E-state index contributed by atoms with van der Waals surface area (Å²) in [6.07, 6.45) is 101. The van der Waals surface area contributed by atoms with Crippen molar-refractivity contribution in [3.63, 3.8) is 0 Å². The Morgan fingerprint density at radius 3 is 0.885 bits per heavy atom. The number of aliphatic hydroxyl groups is 2. The summed E-state index contributed by atoms with van der Waals surface area (Å²) in [5.41, 5.74) is 0. The molecule has 0 saturated carbocycles. The summed E-state index contributed by atoms with van der Waals surface area (Å²) in [6.45, 7) is 4.93. The minimum Gasteiger partial charge on any atom is -0.466 e. The zero-order valence-electron chi connectivity index (χ0n) is 58.8. The Kier molecular flexibility index (Phi) is 74.4. The normalized spacial score (nSPS) is 12.7. The number of esters is 1. The topological polar surface area (TPSA) is 95.9 Å². The molecule has 2 atom stereocenters. The van der Waals surface area contributed by atoms with E-state index in [2.05, 4.69) is 55.6 Å². The average molecular weight is 1220 g/mol. The van der Waals surface area contributed by atoms with Crippen LogP contribution in [0.5, 0.6) is 0 Å². The van der Waals surface area contributed by atoms with E-state index in [1.807, 2.05) is 6.08 Å². The smallest absolute Gasteiger partial charge is 0.305 e. The maximum atomic E-state index is 12.5. The molecule has 0 rings (SSSR count). The average Bonchev–Trinajstić information content (AvgIpc) is 3.53. The third-order valence-electron chi connectivity index (χ3n) is 18.3. The van der Waals surface area contributed by atoms with Crippen molar-refractivity contribution >= 4 is 11.9 Å². The highest BCUT2D eigenvalue weighted by Crippen LogP contribution is 2.19. The third-order valence-corrected chi connectivity index (χ3v) is 18.3. The van der Waals surface area contributed by atoms with Crippen LogP contribution in [0.4, 0.5) is 0 Å². The van der Waals surface area contributed by atoms with Crippen LogP contribution < -0.4 is 5.32 Å². The molecule has 512 valence electrons. The van der Waals surface area contributed by atoms with E-state index >= 15 is 0 Å². The van der Waals surface area contributed by atoms with Gasteiger partial charge >= 0.3 is 5.97 Å². The minimum absolute atomic E-state index is 0.0126. The number of hydrogen-bond donors (Lipinski definition) is 3. The Labute approximate surface area is 544 Å². The number of allylic oxidation sites excluding steroid dienone is 7. The van der Waals surface area contributed by atoms with Crippen LogP contribution in [-0.4, -0.2) is 47.4 Å². The van der Waals surface area contributed by atoms with Gasteiger partial charge in [-0.1, -0.05) is 377 Å². The van der Waals surface area contributed by atoms with Gasteiger partial charge in [-0.25, -0.2) is 0 Å². The molecular weight excluding hydrogens is 1070 g/mol. The van der Waals surface area contributed by atoms with E-state index in [0.717, 1.165) is 51.4 Å². The molecule has 3 N–H and O–H groups in total. The van der Waals surface area contributed by atoms with Gasteiger partial charge in [0.25, 0.3) is 0 Å². The second-order valence-electron chi connectivity index (χ2n) is 27.0. The van der Waals surface area contributed by atoms with Crippen molar-refractivity contribution in [2.75, 3.05) is 13.2 Å². The zero-order chi connectivity index (χ0) is 62.8. The molecule has 0 spiro atoms. The molecule has 1 amide bonds. The van der Waals surface area contributed by atoms with Gasteiger partial charge in [-0.3, -0.25) is 9.59 Å². The van der Waals surface area contributed by atoms with E-state index < -0.39 is 12.1 Å². The molecule has 0 heterocycles. The van der Waals surface area contributed by atoms with Gasteiger partial charge in [-0.05, 0) is 89.9 Å². The second-order valence-corrected chi connectivity index (χ2v) is 27.0. The maximum absolute atomic E-state index is 12.5. The lowest BCUT2D eigenvalue weighted by atomic mass is 10.0. The predicted octanol–water partition coefficient (Wildman–Crippen LogP) is 26.0. The van der Waals surface area contributed by atoms with Crippen LogP contribution in [0.2, 0.25) is 0 Å². The van der Waals surface area contributed by atoms with Crippen LogP contribution in [0.15, 0.2) is 48.6 Å². The number of carbonyl (C=O) groups is 2. The molecule has 0 fully saturated rings. The van der Waals surface area contributed by atoms with E-state index in [1.165, 1.54) is 353 Å². The first-order valence-corrected chi connectivity index (χ1v) is 39.4. The van der Waals surface area contributed by atoms with Gasteiger partial charge < -0.3 is 20.3 Å². The Hall–Kier alpha value is -2.18. The molecule has 0 aromatic rings. The first-order valence-electron chi connectivity index (χ1n) is 39.4. The van der Waals surface area contributed by atoms with Gasteiger partial charge in [-0.15, -0.1) is 0 Å². The molecule has 0 aliphatic carbocycles. The molecule has 0 saturated heterocycles. The first kappa shape index (κ1) is 84.8. The van der Waals surface area contributed by atoms with Gasteiger partial charge in [0.2, 0.25) is 5.91 Å². The summed E-state index contributed by atoms with van der Waals surface area (Å²) in [5, 5.41) is 23.2. The molecule has 6 heteroatoms. The van der Waals surface area contributed by atoms with Crippen molar-refractivity contribution in [1.29, 1.82) is 0 Å². The number of carbonyl (C=O) groups excluding carboxylic acids is 2. The largest absolute Gasteiger partial charge is 0.466 e. The monoisotopic (exact) mass is 1220 g/mol. The number of aliphatic hydroxyl groups excluding tert-OH is 2. The van der Waals surface area contributed by atoms with E-state index in [4.69, 9.17) is 4.74 Å². The lowest BCUT2D eigenvalue weighted by molar-refractivity contribution is -0.143. The SMILES string of the molecule is CCCCCCCC/C=C\CCCCCCCC(=O)OCCCCCCCCCCCCCCCCC/C=C\C/C=C\CCCCCCCCCCCCCCCCCCCC(=O)NC(CO)C(O)/C=C/CCCCCCCCCCCCCCCC. The number of amides is 1. The highest BCUT2D eigenvalue weighted by molar-refractivity contribution is 5.76. The first-order chi connectivity index (χ1) is 43.0. The highest BCUT2D eigenvalue weighted by atomic mass is 16.5. The van der Waals surface area contributed by atoms with Gasteiger partial charge in [0, 0.05) is 12.8 Å². The van der Waals surface area contributed by atoms with Crippen LogP contribution in [0.25, 0.3) is 0 Å². The molecule has 87 heavy (non-hydrogen) atoms. The number of nitrogens with one attached hydrogen (secondary N) is 1. The van der Waals surface area contributed by atoms with Crippen LogP contribution in [0.1, 0.15) is 431 Å². The molecule has 0 aliphatic rings. The quantitative estimate of drug-likeness (QED) is 0.0320. The molecule has 0 aromatic heterocycles. The van der Waals surface area contributed by atoms with Crippen molar-refractivity contribution in [2.24, 2.45) is 0 Å². The van der Waals surface area contributed by atoms with Crippen LogP contribution >= 0.6 is 0 Å². The molecule has 0 aromatic carbocycles. The predicted molar refractivity (Wildman–Crippen MR) is 384 cm³/mol. The molecular formula is C81H153NO5. The van der Waals surface area contributed by atoms with Crippen molar-refractivity contribution in [1.82, 2.24) is 5.32 Å². The Bertz CT molecular complexity index is 1450. The van der Waals surface area contributed by atoms with Crippen molar-refractivity contribution < 1.29 is 24.5 Å². The van der Waals surface area contributed by atoms with E-state index in [1.54, 1.807) is 6.08 Å². The summed E-state index contributed by atoms with van der Waals surface area (Å²) in [7, 11) is 0. The number of hydrogen-bond acceptors (Lipinski definition) is 5. The summed E-state index contributed by atoms with van der Waals surface area (Å²) in [6, 6.07) is -0.626. The van der Waals surface area contributed by atoms with Gasteiger partial charge in [-0.2, -0.15) is 0 Å². The van der Waals surface area contributed by atoms with E-state index in [9.17, 15) is 19.8 Å².